The van der Waals surface area contributed by atoms with Gasteiger partial charge < -0.3 is 4.74 Å². The smallest absolute Gasteiger partial charge is 0.293 e. The van der Waals surface area contributed by atoms with Crippen molar-refractivity contribution in [3.63, 3.8) is 0 Å². The Morgan fingerprint density at radius 1 is 0.909 bits per heavy atom. The monoisotopic (exact) mass is 625 g/mol. The van der Waals surface area contributed by atoms with Gasteiger partial charge in [0.25, 0.3) is 11.1 Å². The standard InChI is InChI=1S/C24H15Br2Cl2NO3S/c25-17-7-3-1-5-15(17)12-29-23(30)21(33-24(29)31)11-14-9-18(26)22(20(28)10-14)32-13-16-6-2-4-8-19(16)27/h1-11H,12-13H2/b21-11-. The van der Waals surface area contributed by atoms with Crippen LogP contribution in [0.3, 0.4) is 0 Å². The molecule has 1 aliphatic heterocycles. The summed E-state index contributed by atoms with van der Waals surface area (Å²) >= 11 is 20.5. The van der Waals surface area contributed by atoms with Crippen molar-refractivity contribution in [1.82, 2.24) is 4.90 Å². The lowest BCUT2D eigenvalue weighted by Crippen LogP contribution is -2.27. The second-order valence-electron chi connectivity index (χ2n) is 7.05. The molecular weight excluding hydrogens is 613 g/mol. The van der Waals surface area contributed by atoms with Crippen LogP contribution in [0.1, 0.15) is 16.7 Å². The molecule has 4 rings (SSSR count). The van der Waals surface area contributed by atoms with Crippen LogP contribution in [-0.4, -0.2) is 16.0 Å². The zero-order valence-corrected chi connectivity index (χ0v) is 22.4. The molecular formula is C24H15Br2Cl2NO3S. The van der Waals surface area contributed by atoms with E-state index >= 15 is 0 Å². The average molecular weight is 628 g/mol. The number of nitrogens with zero attached hydrogens (tertiary/aromatic N) is 1. The summed E-state index contributed by atoms with van der Waals surface area (Å²) in [6.07, 6.45) is 1.65. The molecule has 1 fully saturated rings. The van der Waals surface area contributed by atoms with Crippen LogP contribution >= 0.6 is 66.8 Å². The summed E-state index contributed by atoms with van der Waals surface area (Å²) in [7, 11) is 0. The third-order valence-corrected chi connectivity index (χ3v) is 7.73. The molecule has 9 heteroatoms. The number of imide groups is 1. The summed E-state index contributed by atoms with van der Waals surface area (Å²) in [5, 5.41) is 0.668. The molecule has 3 aromatic carbocycles. The number of benzene rings is 3. The molecule has 1 aliphatic rings. The Balaban J connectivity index is 1.52. The van der Waals surface area contributed by atoms with E-state index in [2.05, 4.69) is 31.9 Å². The topological polar surface area (TPSA) is 46.6 Å². The van der Waals surface area contributed by atoms with Crippen molar-refractivity contribution in [3.05, 3.63) is 101 Å². The number of carbonyl (C=O) groups is 2. The number of rotatable bonds is 6. The van der Waals surface area contributed by atoms with Crippen molar-refractivity contribution in [1.29, 1.82) is 0 Å². The SMILES string of the molecule is O=C1S/C(=C\c2cc(Cl)c(OCc3ccccc3Cl)c(Br)c2)C(=O)N1Cc1ccccc1Br. The minimum atomic E-state index is -0.341. The van der Waals surface area contributed by atoms with Crippen molar-refractivity contribution >= 4 is 84.0 Å². The molecule has 4 nitrogen and oxygen atoms in total. The van der Waals surface area contributed by atoms with Gasteiger partial charge in [0.1, 0.15) is 6.61 Å². The van der Waals surface area contributed by atoms with Crippen molar-refractivity contribution in [3.8, 4) is 5.75 Å². The van der Waals surface area contributed by atoms with Crippen LogP contribution in [0.2, 0.25) is 10.0 Å². The fraction of sp³-hybridized carbons (Fsp3) is 0.0833. The van der Waals surface area contributed by atoms with Crippen molar-refractivity contribution in [2.24, 2.45) is 0 Å². The lowest BCUT2D eigenvalue weighted by atomic mass is 10.2. The maximum absolute atomic E-state index is 12.9. The molecule has 2 amide bonds. The lowest BCUT2D eigenvalue weighted by Gasteiger charge is -2.13. The molecule has 1 heterocycles. The normalized spacial score (nSPS) is 14.9. The van der Waals surface area contributed by atoms with Crippen LogP contribution in [0.15, 0.2) is 74.5 Å². The van der Waals surface area contributed by atoms with Crippen molar-refractivity contribution in [2.75, 3.05) is 0 Å². The molecule has 1 saturated heterocycles. The van der Waals surface area contributed by atoms with Gasteiger partial charge in [-0.3, -0.25) is 14.5 Å². The highest BCUT2D eigenvalue weighted by Crippen LogP contribution is 2.38. The lowest BCUT2D eigenvalue weighted by molar-refractivity contribution is -0.123. The van der Waals surface area contributed by atoms with E-state index in [1.165, 1.54) is 4.90 Å². The van der Waals surface area contributed by atoms with Crippen LogP contribution in [0.25, 0.3) is 6.08 Å². The number of carbonyl (C=O) groups excluding carboxylic acids is 2. The molecule has 0 saturated carbocycles. The van der Waals surface area contributed by atoms with Crippen LogP contribution in [0.4, 0.5) is 4.79 Å². The summed E-state index contributed by atoms with van der Waals surface area (Å²) in [6, 6.07) is 18.4. The minimum absolute atomic E-state index is 0.197. The molecule has 0 bridgehead atoms. The molecule has 0 spiro atoms. The summed E-state index contributed by atoms with van der Waals surface area (Å²) in [4.78, 5) is 26.9. The average Bonchev–Trinajstić information content (AvgIpc) is 3.03. The summed E-state index contributed by atoms with van der Waals surface area (Å²) in [6.45, 7) is 0.452. The third kappa shape index (κ3) is 5.66. The van der Waals surface area contributed by atoms with E-state index < -0.39 is 0 Å². The van der Waals surface area contributed by atoms with Crippen molar-refractivity contribution < 1.29 is 14.3 Å². The molecule has 0 radical (unpaired) electrons. The quantitative estimate of drug-likeness (QED) is 0.258. The third-order valence-electron chi connectivity index (χ3n) is 4.81. The summed E-state index contributed by atoms with van der Waals surface area (Å²) in [5.74, 6) is 0.128. The Morgan fingerprint density at radius 3 is 2.30 bits per heavy atom. The first-order chi connectivity index (χ1) is 15.8. The van der Waals surface area contributed by atoms with E-state index in [4.69, 9.17) is 27.9 Å². The van der Waals surface area contributed by atoms with Gasteiger partial charge in [-0.2, -0.15) is 0 Å². The van der Waals surface area contributed by atoms with Gasteiger partial charge in [-0.05, 0) is 69.2 Å². The van der Waals surface area contributed by atoms with Gasteiger partial charge >= 0.3 is 0 Å². The first-order valence-corrected chi connectivity index (χ1v) is 12.8. The van der Waals surface area contributed by atoms with Gasteiger partial charge in [-0.1, -0.05) is 75.5 Å². The highest BCUT2D eigenvalue weighted by molar-refractivity contribution is 9.10. The van der Waals surface area contributed by atoms with E-state index in [0.29, 0.717) is 30.7 Å². The van der Waals surface area contributed by atoms with Gasteiger partial charge in [-0.15, -0.1) is 0 Å². The predicted molar refractivity (Wildman–Crippen MR) is 141 cm³/mol. The number of hydrogen-bond donors (Lipinski definition) is 0. The molecule has 0 atom stereocenters. The molecule has 0 unspecified atom stereocenters. The van der Waals surface area contributed by atoms with Crippen LogP contribution in [0.5, 0.6) is 5.75 Å². The Morgan fingerprint density at radius 2 is 1.61 bits per heavy atom. The van der Waals surface area contributed by atoms with E-state index in [1.54, 1.807) is 24.3 Å². The predicted octanol–water partition coefficient (Wildman–Crippen LogP) is 8.33. The Kier molecular flexibility index (Phi) is 7.87. The Labute approximate surface area is 222 Å². The Bertz CT molecular complexity index is 1260. The molecule has 168 valence electrons. The summed E-state index contributed by atoms with van der Waals surface area (Å²) in [5.41, 5.74) is 2.36. The molecule has 3 aromatic rings. The summed E-state index contributed by atoms with van der Waals surface area (Å²) < 4.78 is 7.34. The van der Waals surface area contributed by atoms with Gasteiger partial charge in [0.15, 0.2) is 5.75 Å². The number of hydrogen-bond acceptors (Lipinski definition) is 4. The Hall–Kier alpha value is -1.77. The van der Waals surface area contributed by atoms with Crippen molar-refractivity contribution in [2.45, 2.75) is 13.2 Å². The number of amides is 2. The van der Waals surface area contributed by atoms with E-state index in [0.717, 1.165) is 27.4 Å². The first kappa shape index (κ1) is 24.4. The van der Waals surface area contributed by atoms with Crippen LogP contribution in [0, 0.1) is 0 Å². The maximum atomic E-state index is 12.9. The van der Waals surface area contributed by atoms with E-state index in [-0.39, 0.29) is 24.3 Å². The highest BCUT2D eigenvalue weighted by Gasteiger charge is 2.35. The van der Waals surface area contributed by atoms with Gasteiger partial charge in [0, 0.05) is 15.1 Å². The zero-order valence-electron chi connectivity index (χ0n) is 16.9. The second kappa shape index (κ2) is 10.7. The largest absolute Gasteiger partial charge is 0.486 e. The van der Waals surface area contributed by atoms with Gasteiger partial charge in [-0.25, -0.2) is 0 Å². The number of ether oxygens (including phenoxy) is 1. The number of halogens is 4. The van der Waals surface area contributed by atoms with Gasteiger partial charge in [0.05, 0.1) is 20.9 Å². The molecule has 0 aromatic heterocycles. The second-order valence-corrected chi connectivity index (χ2v) is 10.6. The molecule has 0 N–H and O–H groups in total. The maximum Gasteiger partial charge on any atom is 0.293 e. The molecule has 33 heavy (non-hydrogen) atoms. The van der Waals surface area contributed by atoms with Crippen LogP contribution in [-0.2, 0) is 17.9 Å². The first-order valence-electron chi connectivity index (χ1n) is 9.67. The minimum Gasteiger partial charge on any atom is -0.486 e. The number of thioether (sulfide) groups is 1. The fourth-order valence-corrected chi connectivity index (χ4v) is 5.58. The van der Waals surface area contributed by atoms with Gasteiger partial charge in [0.2, 0.25) is 0 Å². The van der Waals surface area contributed by atoms with E-state index in [1.807, 2.05) is 42.5 Å². The van der Waals surface area contributed by atoms with Crippen LogP contribution < -0.4 is 4.74 Å². The van der Waals surface area contributed by atoms with E-state index in [9.17, 15) is 9.59 Å². The molecule has 0 aliphatic carbocycles. The highest BCUT2D eigenvalue weighted by atomic mass is 79.9. The fourth-order valence-electron chi connectivity index (χ4n) is 3.15. The zero-order chi connectivity index (χ0) is 23.5.